The molecule has 0 aliphatic heterocycles. The van der Waals surface area contributed by atoms with Crippen molar-refractivity contribution in [1.82, 2.24) is 20.1 Å². The van der Waals surface area contributed by atoms with Crippen LogP contribution in [0.25, 0.3) is 11.3 Å². The van der Waals surface area contributed by atoms with E-state index in [-0.39, 0.29) is 11.8 Å². The number of nitrogens with zero attached hydrogens (tertiary/aromatic N) is 3. The van der Waals surface area contributed by atoms with E-state index in [1.807, 2.05) is 12.4 Å². The first-order valence-corrected chi connectivity index (χ1v) is 9.66. The van der Waals surface area contributed by atoms with E-state index in [1.54, 1.807) is 7.11 Å². The predicted octanol–water partition coefficient (Wildman–Crippen LogP) is 4.44. The van der Waals surface area contributed by atoms with E-state index in [9.17, 15) is 0 Å². The van der Waals surface area contributed by atoms with Gasteiger partial charge in [0.25, 0.3) is 0 Å². The molecule has 0 saturated heterocycles. The third kappa shape index (κ3) is 3.99. The van der Waals surface area contributed by atoms with E-state index in [4.69, 9.17) is 9.84 Å². The molecule has 2 aromatic heterocycles. The number of methoxy groups -OCH3 is 1. The average molecular weight is 357 g/mol. The van der Waals surface area contributed by atoms with E-state index >= 15 is 0 Å². The summed E-state index contributed by atoms with van der Waals surface area (Å²) in [5, 5.41) is 8.48. The highest BCUT2D eigenvalue weighted by molar-refractivity contribution is 5.64. The van der Waals surface area contributed by atoms with Crippen molar-refractivity contribution in [2.75, 3.05) is 7.11 Å². The quantitative estimate of drug-likeness (QED) is 0.805. The highest BCUT2D eigenvalue weighted by Gasteiger charge is 2.24. The number of hydrogen-bond acceptors (Lipinski definition) is 4. The third-order valence-electron chi connectivity index (χ3n) is 4.83. The van der Waals surface area contributed by atoms with Crippen LogP contribution in [0.3, 0.4) is 0 Å². The van der Waals surface area contributed by atoms with E-state index in [2.05, 4.69) is 55.7 Å². The van der Waals surface area contributed by atoms with Gasteiger partial charge in [-0.05, 0) is 66.4 Å². The maximum absolute atomic E-state index is 5.68. The lowest BCUT2D eigenvalue weighted by Crippen LogP contribution is -2.39. The SMILES string of the molecule is COC(NC(C)(C)C)c1cncc(-c2nn(C(C)C)c3c2CCCC3)c1. The Morgan fingerprint density at radius 3 is 2.54 bits per heavy atom. The van der Waals surface area contributed by atoms with Crippen LogP contribution in [0, 0.1) is 0 Å². The van der Waals surface area contributed by atoms with Crippen molar-refractivity contribution >= 4 is 0 Å². The molecule has 1 N–H and O–H groups in total. The zero-order chi connectivity index (χ0) is 18.9. The normalized spacial score (nSPS) is 16.0. The predicted molar refractivity (Wildman–Crippen MR) is 105 cm³/mol. The first-order chi connectivity index (χ1) is 12.3. The van der Waals surface area contributed by atoms with Gasteiger partial charge in [-0.3, -0.25) is 15.0 Å². The van der Waals surface area contributed by atoms with Gasteiger partial charge < -0.3 is 4.74 Å². The fraction of sp³-hybridized carbons (Fsp3) is 0.619. The minimum Gasteiger partial charge on any atom is -0.362 e. The molecule has 1 aliphatic carbocycles. The zero-order valence-corrected chi connectivity index (χ0v) is 17.0. The second-order valence-corrected chi connectivity index (χ2v) is 8.54. The first-order valence-electron chi connectivity index (χ1n) is 9.66. The monoisotopic (exact) mass is 356 g/mol. The maximum atomic E-state index is 5.68. The van der Waals surface area contributed by atoms with Gasteiger partial charge in [-0.1, -0.05) is 0 Å². The lowest BCUT2D eigenvalue weighted by atomic mass is 9.93. The van der Waals surface area contributed by atoms with Crippen LogP contribution in [0.1, 0.15) is 76.6 Å². The molecule has 0 amide bonds. The minimum absolute atomic E-state index is 0.0466. The highest BCUT2D eigenvalue weighted by Crippen LogP contribution is 2.33. The van der Waals surface area contributed by atoms with E-state index in [0.29, 0.717) is 6.04 Å². The number of fused-ring (bicyclic) bond motifs is 1. The van der Waals surface area contributed by atoms with Crippen molar-refractivity contribution in [3.05, 3.63) is 35.3 Å². The van der Waals surface area contributed by atoms with Crippen molar-refractivity contribution in [3.8, 4) is 11.3 Å². The van der Waals surface area contributed by atoms with Gasteiger partial charge in [0.05, 0.1) is 5.69 Å². The summed E-state index contributed by atoms with van der Waals surface area (Å²) in [6.07, 6.45) is 8.34. The molecule has 5 heteroatoms. The molecule has 2 aromatic rings. The van der Waals surface area contributed by atoms with E-state index in [0.717, 1.165) is 29.7 Å². The first kappa shape index (κ1) is 19.1. The molecule has 142 valence electrons. The standard InChI is InChI=1S/C21H32N4O/c1-14(2)25-18-10-8-7-9-17(18)19(24-25)15-11-16(13-22-12-15)20(26-6)23-21(3,4)5/h11-14,20,23H,7-10H2,1-6H3. The van der Waals surface area contributed by atoms with Crippen molar-refractivity contribution in [2.45, 2.75) is 78.1 Å². The van der Waals surface area contributed by atoms with E-state index < -0.39 is 0 Å². The molecule has 26 heavy (non-hydrogen) atoms. The summed E-state index contributed by atoms with van der Waals surface area (Å²) in [5.41, 5.74) is 5.97. The number of nitrogens with one attached hydrogen (secondary N) is 1. The summed E-state index contributed by atoms with van der Waals surface area (Å²) >= 11 is 0. The average Bonchev–Trinajstić information content (AvgIpc) is 2.99. The lowest BCUT2D eigenvalue weighted by Gasteiger charge is -2.27. The Kier molecular flexibility index (Phi) is 5.49. The Balaban J connectivity index is 2.01. The third-order valence-corrected chi connectivity index (χ3v) is 4.83. The molecule has 0 aromatic carbocycles. The fourth-order valence-corrected chi connectivity index (χ4v) is 3.69. The molecular weight excluding hydrogens is 324 g/mol. The van der Waals surface area contributed by atoms with Crippen molar-refractivity contribution < 1.29 is 4.74 Å². The van der Waals surface area contributed by atoms with Crippen LogP contribution < -0.4 is 5.32 Å². The topological polar surface area (TPSA) is 52.0 Å². The molecule has 1 aliphatic rings. The van der Waals surface area contributed by atoms with Crippen LogP contribution >= 0.6 is 0 Å². The summed E-state index contributed by atoms with van der Waals surface area (Å²) in [4.78, 5) is 4.49. The van der Waals surface area contributed by atoms with Crippen molar-refractivity contribution in [2.24, 2.45) is 0 Å². The van der Waals surface area contributed by atoms with Crippen LogP contribution in [-0.2, 0) is 17.6 Å². The Labute approximate surface area is 157 Å². The molecule has 0 spiro atoms. The Hall–Kier alpha value is -1.72. The van der Waals surface area contributed by atoms with Crippen molar-refractivity contribution in [3.63, 3.8) is 0 Å². The second kappa shape index (κ2) is 7.49. The summed E-state index contributed by atoms with van der Waals surface area (Å²) in [6.45, 7) is 10.8. The van der Waals surface area contributed by atoms with Crippen LogP contribution in [0.4, 0.5) is 0 Å². The number of ether oxygens (including phenoxy) is 1. The Morgan fingerprint density at radius 1 is 1.15 bits per heavy atom. The minimum atomic E-state index is -0.189. The highest BCUT2D eigenvalue weighted by atomic mass is 16.5. The molecule has 0 fully saturated rings. The fourth-order valence-electron chi connectivity index (χ4n) is 3.69. The molecule has 2 heterocycles. The molecule has 0 radical (unpaired) electrons. The van der Waals surface area contributed by atoms with Gasteiger partial charge >= 0.3 is 0 Å². The van der Waals surface area contributed by atoms with Crippen LogP contribution in [0.2, 0.25) is 0 Å². The van der Waals surface area contributed by atoms with Crippen molar-refractivity contribution in [1.29, 1.82) is 0 Å². The van der Waals surface area contributed by atoms with E-state index in [1.165, 1.54) is 24.1 Å². The maximum Gasteiger partial charge on any atom is 0.135 e. The van der Waals surface area contributed by atoms with Gasteiger partial charge in [0.1, 0.15) is 6.23 Å². The van der Waals surface area contributed by atoms with Crippen LogP contribution in [0.5, 0.6) is 0 Å². The van der Waals surface area contributed by atoms with Gasteiger partial charge in [0.2, 0.25) is 0 Å². The zero-order valence-electron chi connectivity index (χ0n) is 17.0. The number of aromatic nitrogens is 3. The van der Waals surface area contributed by atoms with Gasteiger partial charge in [-0.15, -0.1) is 0 Å². The Morgan fingerprint density at radius 2 is 1.88 bits per heavy atom. The summed E-state index contributed by atoms with van der Waals surface area (Å²) in [7, 11) is 1.73. The molecule has 5 nitrogen and oxygen atoms in total. The summed E-state index contributed by atoms with van der Waals surface area (Å²) in [6, 6.07) is 2.54. The smallest absolute Gasteiger partial charge is 0.135 e. The molecule has 0 bridgehead atoms. The number of rotatable bonds is 5. The number of hydrogen-bond donors (Lipinski definition) is 1. The molecule has 1 unspecified atom stereocenters. The second-order valence-electron chi connectivity index (χ2n) is 8.54. The molecule has 3 rings (SSSR count). The number of pyridine rings is 1. The Bertz CT molecular complexity index is 758. The molecule has 0 saturated carbocycles. The lowest BCUT2D eigenvalue weighted by molar-refractivity contribution is 0.0512. The largest absolute Gasteiger partial charge is 0.362 e. The molecular formula is C21H32N4O. The van der Waals surface area contributed by atoms with Crippen LogP contribution in [0.15, 0.2) is 18.5 Å². The van der Waals surface area contributed by atoms with Gasteiger partial charge in [-0.2, -0.15) is 5.10 Å². The summed E-state index contributed by atoms with van der Waals surface area (Å²) in [5.74, 6) is 0. The summed E-state index contributed by atoms with van der Waals surface area (Å²) < 4.78 is 7.89. The van der Waals surface area contributed by atoms with Gasteiger partial charge in [0, 0.05) is 53.5 Å². The molecule has 1 atom stereocenters. The van der Waals surface area contributed by atoms with Gasteiger partial charge in [-0.25, -0.2) is 0 Å². The van der Waals surface area contributed by atoms with Crippen LogP contribution in [-0.4, -0.2) is 27.4 Å². The van der Waals surface area contributed by atoms with Gasteiger partial charge in [0.15, 0.2) is 0 Å².